The smallest absolute Gasteiger partial charge is 0.142 e. The highest BCUT2D eigenvalue weighted by Crippen LogP contribution is 2.06. The number of halogens is 1. The summed E-state index contributed by atoms with van der Waals surface area (Å²) >= 11 is 1.59. The maximum atomic E-state index is 12.6. The van der Waals surface area contributed by atoms with Crippen molar-refractivity contribution in [2.75, 3.05) is 0 Å². The van der Waals surface area contributed by atoms with Crippen LogP contribution in [0.1, 0.15) is 10.4 Å². The first kappa shape index (κ1) is 10.8. The first-order valence-electron chi connectivity index (χ1n) is 4.78. The van der Waals surface area contributed by atoms with Gasteiger partial charge in [-0.25, -0.2) is 4.39 Å². The fourth-order valence-electron chi connectivity index (χ4n) is 1.15. The van der Waals surface area contributed by atoms with Crippen molar-refractivity contribution < 1.29 is 9.23 Å². The minimum absolute atomic E-state index is 0.245. The molecule has 0 spiro atoms. The van der Waals surface area contributed by atoms with Crippen LogP contribution in [0.2, 0.25) is 0 Å². The third-order valence-corrected chi connectivity index (χ3v) is 2.75. The zero-order chi connectivity index (χ0) is 11.2. The van der Waals surface area contributed by atoms with Crippen molar-refractivity contribution in [3.63, 3.8) is 0 Å². The molecule has 0 radical (unpaired) electrons. The highest BCUT2D eigenvalue weighted by molar-refractivity contribution is 7.11. The van der Waals surface area contributed by atoms with Gasteiger partial charge in [-0.15, -0.1) is 11.3 Å². The summed E-state index contributed by atoms with van der Waals surface area (Å²) in [6, 6.07) is 10.1. The molecule has 1 heterocycles. The lowest BCUT2D eigenvalue weighted by atomic mass is 10.2. The molecule has 2 rings (SSSR count). The lowest BCUT2D eigenvalue weighted by molar-refractivity contribution is 0.132. The summed E-state index contributed by atoms with van der Waals surface area (Å²) in [4.78, 5) is 6.13. The summed E-state index contributed by atoms with van der Waals surface area (Å²) in [5.74, 6) is -0.245. The van der Waals surface area contributed by atoms with E-state index in [1.54, 1.807) is 29.7 Å². The molecule has 0 bridgehead atoms. The van der Waals surface area contributed by atoms with Crippen LogP contribution in [0, 0.1) is 5.82 Å². The van der Waals surface area contributed by atoms with Crippen molar-refractivity contribution >= 4 is 17.6 Å². The SMILES string of the molecule is Fc1ccc(CON=Cc2cccs2)cc1. The van der Waals surface area contributed by atoms with Crippen LogP contribution >= 0.6 is 11.3 Å². The molecule has 0 amide bonds. The van der Waals surface area contributed by atoms with Crippen LogP contribution in [-0.4, -0.2) is 6.21 Å². The van der Waals surface area contributed by atoms with Gasteiger partial charge in [0.25, 0.3) is 0 Å². The summed E-state index contributed by atoms with van der Waals surface area (Å²) in [5.41, 5.74) is 0.893. The monoisotopic (exact) mass is 235 g/mol. The van der Waals surface area contributed by atoms with Crippen molar-refractivity contribution in [2.24, 2.45) is 5.16 Å². The summed E-state index contributed by atoms with van der Waals surface area (Å²) in [6.45, 7) is 0.349. The van der Waals surface area contributed by atoms with E-state index in [2.05, 4.69) is 5.16 Å². The fraction of sp³-hybridized carbons (Fsp3) is 0.0833. The Morgan fingerprint density at radius 2 is 2.06 bits per heavy atom. The van der Waals surface area contributed by atoms with Gasteiger partial charge >= 0.3 is 0 Å². The van der Waals surface area contributed by atoms with E-state index in [-0.39, 0.29) is 5.82 Å². The van der Waals surface area contributed by atoms with Gasteiger partial charge in [0.05, 0.1) is 6.21 Å². The number of hydrogen-bond acceptors (Lipinski definition) is 3. The highest BCUT2D eigenvalue weighted by atomic mass is 32.1. The van der Waals surface area contributed by atoms with Gasteiger partial charge in [-0.1, -0.05) is 23.4 Å². The van der Waals surface area contributed by atoms with Crippen LogP contribution in [0.5, 0.6) is 0 Å². The summed E-state index contributed by atoms with van der Waals surface area (Å²) < 4.78 is 12.6. The summed E-state index contributed by atoms with van der Waals surface area (Å²) in [7, 11) is 0. The Bertz CT molecular complexity index is 450. The number of hydrogen-bond donors (Lipinski definition) is 0. The van der Waals surface area contributed by atoms with Gasteiger partial charge in [-0.3, -0.25) is 0 Å². The number of thiophene rings is 1. The van der Waals surface area contributed by atoms with Crippen LogP contribution in [0.4, 0.5) is 4.39 Å². The Kier molecular flexibility index (Phi) is 3.66. The molecule has 0 fully saturated rings. The Balaban J connectivity index is 1.82. The molecule has 0 aliphatic rings. The van der Waals surface area contributed by atoms with E-state index in [1.165, 1.54) is 12.1 Å². The van der Waals surface area contributed by atoms with Crippen molar-refractivity contribution in [3.8, 4) is 0 Å². The Morgan fingerprint density at radius 1 is 1.25 bits per heavy atom. The molecule has 0 N–H and O–H groups in total. The van der Waals surface area contributed by atoms with Crippen LogP contribution in [0.15, 0.2) is 46.9 Å². The number of nitrogens with zero attached hydrogens (tertiary/aromatic N) is 1. The molecule has 0 aliphatic heterocycles. The minimum atomic E-state index is -0.245. The molecule has 0 atom stereocenters. The average Bonchev–Trinajstić information content (AvgIpc) is 2.80. The Labute approximate surface area is 97.0 Å². The summed E-state index contributed by atoms with van der Waals surface area (Å²) in [5, 5.41) is 5.80. The topological polar surface area (TPSA) is 21.6 Å². The van der Waals surface area contributed by atoms with Gasteiger partial charge in [0, 0.05) is 4.88 Å². The maximum Gasteiger partial charge on any atom is 0.142 e. The largest absolute Gasteiger partial charge is 0.391 e. The molecule has 0 saturated carbocycles. The molecule has 1 aromatic heterocycles. The van der Waals surface area contributed by atoms with Crippen molar-refractivity contribution in [1.29, 1.82) is 0 Å². The molecule has 2 nitrogen and oxygen atoms in total. The first-order valence-corrected chi connectivity index (χ1v) is 5.66. The second kappa shape index (κ2) is 5.42. The van der Waals surface area contributed by atoms with Gasteiger partial charge < -0.3 is 4.84 Å². The zero-order valence-corrected chi connectivity index (χ0v) is 9.28. The van der Waals surface area contributed by atoms with Gasteiger partial charge in [0.15, 0.2) is 0 Å². The fourth-order valence-corrected chi connectivity index (χ4v) is 1.72. The molecule has 0 aliphatic carbocycles. The van der Waals surface area contributed by atoms with E-state index >= 15 is 0 Å². The molecule has 2 aromatic rings. The lowest BCUT2D eigenvalue weighted by Gasteiger charge is -1.98. The van der Waals surface area contributed by atoms with E-state index < -0.39 is 0 Å². The van der Waals surface area contributed by atoms with Crippen molar-refractivity contribution in [2.45, 2.75) is 6.61 Å². The van der Waals surface area contributed by atoms with Crippen LogP contribution < -0.4 is 0 Å². The number of benzene rings is 1. The highest BCUT2D eigenvalue weighted by Gasteiger charge is 1.93. The Morgan fingerprint density at radius 3 is 2.75 bits per heavy atom. The van der Waals surface area contributed by atoms with Crippen molar-refractivity contribution in [1.82, 2.24) is 0 Å². The van der Waals surface area contributed by atoms with Crippen molar-refractivity contribution in [3.05, 3.63) is 58.0 Å². The second-order valence-electron chi connectivity index (χ2n) is 3.15. The zero-order valence-electron chi connectivity index (χ0n) is 8.47. The molecular formula is C12H10FNOS. The van der Waals surface area contributed by atoms with E-state index in [4.69, 9.17) is 4.84 Å². The molecule has 0 saturated heterocycles. The van der Waals surface area contributed by atoms with Crippen LogP contribution in [-0.2, 0) is 11.4 Å². The second-order valence-corrected chi connectivity index (χ2v) is 4.13. The molecule has 16 heavy (non-hydrogen) atoms. The third kappa shape index (κ3) is 3.17. The van der Waals surface area contributed by atoms with Gasteiger partial charge in [-0.2, -0.15) is 0 Å². The quantitative estimate of drug-likeness (QED) is 0.587. The molecule has 4 heteroatoms. The molecule has 1 aromatic carbocycles. The molecule has 82 valence electrons. The normalized spacial score (nSPS) is 10.8. The van der Waals surface area contributed by atoms with Crippen LogP contribution in [0.25, 0.3) is 0 Å². The lowest BCUT2D eigenvalue weighted by Crippen LogP contribution is -1.87. The van der Waals surface area contributed by atoms with E-state index in [0.717, 1.165) is 10.4 Å². The maximum absolute atomic E-state index is 12.6. The predicted octanol–water partition coefficient (Wildman–Crippen LogP) is 3.44. The third-order valence-electron chi connectivity index (χ3n) is 1.94. The Hall–Kier alpha value is -1.68. The summed E-state index contributed by atoms with van der Waals surface area (Å²) in [6.07, 6.45) is 1.66. The predicted molar refractivity (Wildman–Crippen MR) is 63.1 cm³/mol. The molecule has 0 unspecified atom stereocenters. The average molecular weight is 235 g/mol. The van der Waals surface area contributed by atoms with Gasteiger partial charge in [0.2, 0.25) is 0 Å². The standard InChI is InChI=1S/C12H10FNOS/c13-11-5-3-10(4-6-11)9-15-14-8-12-2-1-7-16-12/h1-8H,9H2. The van der Waals surface area contributed by atoms with E-state index in [1.807, 2.05) is 17.5 Å². The minimum Gasteiger partial charge on any atom is -0.391 e. The van der Waals surface area contributed by atoms with Gasteiger partial charge in [0.1, 0.15) is 12.4 Å². The number of oxime groups is 1. The first-order chi connectivity index (χ1) is 7.84. The van der Waals surface area contributed by atoms with E-state index in [9.17, 15) is 4.39 Å². The van der Waals surface area contributed by atoms with Gasteiger partial charge in [-0.05, 0) is 29.1 Å². The van der Waals surface area contributed by atoms with Crippen LogP contribution in [0.3, 0.4) is 0 Å². The molecular weight excluding hydrogens is 225 g/mol. The number of rotatable bonds is 4. The van der Waals surface area contributed by atoms with E-state index in [0.29, 0.717) is 6.61 Å².